The third-order valence-electron chi connectivity index (χ3n) is 4.46. The number of rotatable bonds is 2. The first-order valence-corrected chi connectivity index (χ1v) is 8.32. The molecular formula is C20H18N2O3. The number of hydrogen-bond donors (Lipinski definition) is 0. The first-order chi connectivity index (χ1) is 12.3. The first-order valence-electron chi connectivity index (χ1n) is 8.32. The number of hydrogen-bond acceptors (Lipinski definition) is 4. The number of carbonyl (C=O) groups excluding carboxylic acids is 2. The van der Waals surface area contributed by atoms with Gasteiger partial charge in [-0.1, -0.05) is 36.4 Å². The number of fused-ring (bicyclic) bond motifs is 1. The number of para-hydroxylation sites is 1. The predicted molar refractivity (Wildman–Crippen MR) is 95.1 cm³/mol. The van der Waals surface area contributed by atoms with E-state index in [4.69, 9.17) is 4.74 Å². The van der Waals surface area contributed by atoms with E-state index in [0.717, 1.165) is 13.1 Å². The zero-order valence-electron chi connectivity index (χ0n) is 13.7. The van der Waals surface area contributed by atoms with Gasteiger partial charge < -0.3 is 9.64 Å². The molecule has 0 aromatic heterocycles. The minimum Gasteiger partial charge on any atom is -0.378 e. The van der Waals surface area contributed by atoms with Crippen LogP contribution in [0.2, 0.25) is 0 Å². The molecule has 4 rings (SSSR count). The van der Waals surface area contributed by atoms with E-state index in [1.165, 1.54) is 4.90 Å². The lowest BCUT2D eigenvalue weighted by molar-refractivity contribution is -0.112. The topological polar surface area (TPSA) is 49.9 Å². The Kier molecular flexibility index (Phi) is 4.07. The molecule has 1 fully saturated rings. The van der Waals surface area contributed by atoms with Crippen LogP contribution in [0.4, 0.5) is 5.69 Å². The Morgan fingerprint density at radius 1 is 0.800 bits per heavy atom. The molecule has 0 atom stereocenters. The molecule has 0 spiro atoms. The molecule has 0 saturated carbocycles. The molecule has 0 aliphatic carbocycles. The standard InChI is InChI=1S/C20H18N2O3/c23-19-17-9-5-4-8-16(17)18(14-21-10-12-25-13-11-21)20(24)22(19)15-6-2-1-3-7-15/h1-9,14H,10-13H2/b18-14-. The van der Waals surface area contributed by atoms with Crippen LogP contribution in [0.3, 0.4) is 0 Å². The summed E-state index contributed by atoms with van der Waals surface area (Å²) in [5.74, 6) is -0.577. The lowest BCUT2D eigenvalue weighted by Crippen LogP contribution is -2.43. The van der Waals surface area contributed by atoms with Crippen LogP contribution < -0.4 is 4.90 Å². The Balaban J connectivity index is 1.82. The van der Waals surface area contributed by atoms with E-state index in [-0.39, 0.29) is 11.8 Å². The molecule has 2 aliphatic rings. The molecule has 0 unspecified atom stereocenters. The Labute approximate surface area is 146 Å². The van der Waals surface area contributed by atoms with Gasteiger partial charge in [-0.25, -0.2) is 4.90 Å². The molecular weight excluding hydrogens is 316 g/mol. The van der Waals surface area contributed by atoms with Crippen LogP contribution in [-0.2, 0) is 9.53 Å². The lowest BCUT2D eigenvalue weighted by Gasteiger charge is -2.31. The Hall–Kier alpha value is -2.92. The van der Waals surface area contributed by atoms with Crippen molar-refractivity contribution in [2.75, 3.05) is 31.2 Å². The summed E-state index contributed by atoms with van der Waals surface area (Å²) in [5.41, 5.74) is 2.36. The summed E-state index contributed by atoms with van der Waals surface area (Å²) in [4.78, 5) is 29.4. The normalized spacial score (nSPS) is 19.3. The van der Waals surface area contributed by atoms with Gasteiger partial charge in [-0.15, -0.1) is 0 Å². The highest BCUT2D eigenvalue weighted by Gasteiger charge is 2.36. The number of morpholine rings is 1. The number of carbonyl (C=O) groups is 2. The molecule has 2 aromatic carbocycles. The molecule has 2 heterocycles. The minimum atomic E-state index is -0.290. The highest BCUT2D eigenvalue weighted by atomic mass is 16.5. The SMILES string of the molecule is O=C1/C(=C\N2CCOCC2)c2ccccc2C(=O)N1c1ccccc1. The summed E-state index contributed by atoms with van der Waals surface area (Å²) in [7, 11) is 0. The highest BCUT2D eigenvalue weighted by molar-refractivity contribution is 6.40. The first kappa shape index (κ1) is 15.6. The monoisotopic (exact) mass is 334 g/mol. The van der Waals surface area contributed by atoms with Crippen molar-refractivity contribution in [2.45, 2.75) is 0 Å². The van der Waals surface area contributed by atoms with Crippen LogP contribution >= 0.6 is 0 Å². The van der Waals surface area contributed by atoms with Crippen LogP contribution in [0.1, 0.15) is 15.9 Å². The largest absolute Gasteiger partial charge is 0.378 e. The maximum Gasteiger partial charge on any atom is 0.267 e. The summed E-state index contributed by atoms with van der Waals surface area (Å²) in [6, 6.07) is 16.3. The maximum atomic E-state index is 13.2. The van der Waals surface area contributed by atoms with E-state index >= 15 is 0 Å². The van der Waals surface area contributed by atoms with Gasteiger partial charge >= 0.3 is 0 Å². The summed E-state index contributed by atoms with van der Waals surface area (Å²) >= 11 is 0. The fourth-order valence-electron chi connectivity index (χ4n) is 3.18. The van der Waals surface area contributed by atoms with E-state index in [0.29, 0.717) is 35.6 Å². The van der Waals surface area contributed by atoms with Gasteiger partial charge in [-0.2, -0.15) is 0 Å². The van der Waals surface area contributed by atoms with Crippen molar-refractivity contribution in [1.29, 1.82) is 0 Å². The average molecular weight is 334 g/mol. The quantitative estimate of drug-likeness (QED) is 0.626. The zero-order chi connectivity index (χ0) is 17.2. The second-order valence-corrected chi connectivity index (χ2v) is 6.02. The molecule has 1 saturated heterocycles. The second kappa shape index (κ2) is 6.53. The van der Waals surface area contributed by atoms with Crippen molar-refractivity contribution in [3.63, 3.8) is 0 Å². The van der Waals surface area contributed by atoms with Gasteiger partial charge in [0.25, 0.3) is 11.8 Å². The number of ether oxygens (including phenoxy) is 1. The van der Waals surface area contributed by atoms with Gasteiger partial charge in [0.1, 0.15) is 0 Å². The molecule has 126 valence electrons. The molecule has 5 nitrogen and oxygen atoms in total. The van der Waals surface area contributed by atoms with E-state index in [2.05, 4.69) is 4.90 Å². The number of imide groups is 1. The second-order valence-electron chi connectivity index (χ2n) is 6.02. The summed E-state index contributed by atoms with van der Waals surface area (Å²) in [6.45, 7) is 2.75. The minimum absolute atomic E-state index is 0.286. The third kappa shape index (κ3) is 2.83. The molecule has 2 aliphatic heterocycles. The Morgan fingerprint density at radius 3 is 2.16 bits per heavy atom. The number of nitrogens with zero attached hydrogens (tertiary/aromatic N) is 2. The molecule has 2 aromatic rings. The zero-order valence-corrected chi connectivity index (χ0v) is 13.7. The van der Waals surface area contributed by atoms with Gasteiger partial charge in [-0.3, -0.25) is 9.59 Å². The van der Waals surface area contributed by atoms with Gasteiger partial charge in [0.2, 0.25) is 0 Å². The van der Waals surface area contributed by atoms with Crippen molar-refractivity contribution in [1.82, 2.24) is 4.90 Å². The molecule has 2 amide bonds. The highest BCUT2D eigenvalue weighted by Crippen LogP contribution is 2.32. The summed E-state index contributed by atoms with van der Waals surface area (Å²) < 4.78 is 5.37. The van der Waals surface area contributed by atoms with Crippen LogP contribution in [-0.4, -0.2) is 43.0 Å². The summed E-state index contributed by atoms with van der Waals surface area (Å²) in [5, 5.41) is 0. The molecule has 25 heavy (non-hydrogen) atoms. The van der Waals surface area contributed by atoms with Crippen molar-refractivity contribution in [3.05, 3.63) is 71.9 Å². The lowest BCUT2D eigenvalue weighted by atomic mass is 9.93. The van der Waals surface area contributed by atoms with Crippen molar-refractivity contribution in [2.24, 2.45) is 0 Å². The van der Waals surface area contributed by atoms with Gasteiger partial charge in [0, 0.05) is 30.4 Å². The Bertz CT molecular complexity index is 839. The fourth-order valence-corrected chi connectivity index (χ4v) is 3.18. The molecule has 0 radical (unpaired) electrons. The predicted octanol–water partition coefficient (Wildman–Crippen LogP) is 2.55. The average Bonchev–Trinajstić information content (AvgIpc) is 2.67. The number of anilines is 1. The van der Waals surface area contributed by atoms with Crippen LogP contribution in [0.15, 0.2) is 60.8 Å². The van der Waals surface area contributed by atoms with Gasteiger partial charge in [-0.05, 0) is 18.2 Å². The Morgan fingerprint density at radius 2 is 1.44 bits per heavy atom. The summed E-state index contributed by atoms with van der Waals surface area (Å²) in [6.07, 6.45) is 1.87. The van der Waals surface area contributed by atoms with Gasteiger partial charge in [0.15, 0.2) is 0 Å². The van der Waals surface area contributed by atoms with Crippen molar-refractivity contribution in [3.8, 4) is 0 Å². The third-order valence-corrected chi connectivity index (χ3v) is 4.46. The van der Waals surface area contributed by atoms with E-state index < -0.39 is 0 Å². The van der Waals surface area contributed by atoms with Crippen LogP contribution in [0, 0.1) is 0 Å². The molecule has 0 bridgehead atoms. The van der Waals surface area contributed by atoms with Crippen molar-refractivity contribution < 1.29 is 14.3 Å². The van der Waals surface area contributed by atoms with E-state index in [1.807, 2.05) is 42.6 Å². The van der Waals surface area contributed by atoms with Crippen LogP contribution in [0.25, 0.3) is 5.57 Å². The smallest absolute Gasteiger partial charge is 0.267 e. The van der Waals surface area contributed by atoms with Gasteiger partial charge in [0.05, 0.1) is 24.5 Å². The fraction of sp³-hybridized carbons (Fsp3) is 0.200. The number of benzene rings is 2. The van der Waals surface area contributed by atoms with Crippen LogP contribution in [0.5, 0.6) is 0 Å². The van der Waals surface area contributed by atoms with E-state index in [9.17, 15) is 9.59 Å². The molecule has 5 heteroatoms. The molecule has 0 N–H and O–H groups in total. The van der Waals surface area contributed by atoms with Crippen molar-refractivity contribution >= 4 is 23.1 Å². The number of amides is 2. The van der Waals surface area contributed by atoms with E-state index in [1.54, 1.807) is 18.2 Å². The maximum absolute atomic E-state index is 13.2.